The Morgan fingerprint density at radius 3 is 2.11 bits per heavy atom. The van der Waals surface area contributed by atoms with E-state index < -0.39 is 12.8 Å². The van der Waals surface area contributed by atoms with Crippen molar-refractivity contribution in [3.63, 3.8) is 0 Å². The van der Waals surface area contributed by atoms with E-state index in [4.69, 9.17) is 0 Å². The van der Waals surface area contributed by atoms with Gasteiger partial charge in [0.15, 0.2) is 0 Å². The molecule has 1 nitrogen and oxygen atoms in total. The predicted octanol–water partition coefficient (Wildman–Crippen LogP) is 4.63. The number of hydrogen-bond acceptors (Lipinski definition) is 1. The van der Waals surface area contributed by atoms with Crippen LogP contribution in [0.2, 0.25) is 0 Å². The molecule has 0 aliphatic rings. The number of rotatable bonds is 4. The number of hydrogen-bond donors (Lipinski definition) is 0. The standard InChI is InChI=1S/C13H16BrF3O/c1-8-4-9(2)12(10(3)5-8)11(14)6-18-7-13(15,16)17/h4-5,11H,6-7H2,1-3H3. The molecule has 0 fully saturated rings. The van der Waals surface area contributed by atoms with E-state index in [1.165, 1.54) is 0 Å². The Kier molecular flexibility index (Phi) is 5.22. The first-order chi connectivity index (χ1) is 8.20. The molecular formula is C13H16BrF3O. The molecular weight excluding hydrogens is 309 g/mol. The molecule has 0 N–H and O–H groups in total. The number of halogens is 4. The third kappa shape index (κ3) is 4.61. The lowest BCUT2D eigenvalue weighted by Gasteiger charge is -2.17. The summed E-state index contributed by atoms with van der Waals surface area (Å²) >= 11 is 3.39. The van der Waals surface area contributed by atoms with Gasteiger partial charge in [-0.25, -0.2) is 0 Å². The van der Waals surface area contributed by atoms with Crippen molar-refractivity contribution in [3.05, 3.63) is 34.4 Å². The minimum absolute atomic E-state index is 0.00422. The summed E-state index contributed by atoms with van der Waals surface area (Å²) in [6.45, 7) is 4.69. The van der Waals surface area contributed by atoms with Crippen LogP contribution in [0.15, 0.2) is 12.1 Å². The zero-order valence-electron chi connectivity index (χ0n) is 10.6. The normalized spacial score (nSPS) is 13.7. The quantitative estimate of drug-likeness (QED) is 0.734. The van der Waals surface area contributed by atoms with E-state index >= 15 is 0 Å². The summed E-state index contributed by atoms with van der Waals surface area (Å²) in [7, 11) is 0. The average molecular weight is 325 g/mol. The molecule has 1 aromatic carbocycles. The molecule has 0 heterocycles. The van der Waals surface area contributed by atoms with Gasteiger partial charge in [0.1, 0.15) is 6.61 Å². The number of benzene rings is 1. The average Bonchev–Trinajstić information content (AvgIpc) is 2.13. The van der Waals surface area contributed by atoms with Crippen molar-refractivity contribution in [1.29, 1.82) is 0 Å². The van der Waals surface area contributed by atoms with Crippen molar-refractivity contribution >= 4 is 15.9 Å². The topological polar surface area (TPSA) is 9.23 Å². The zero-order chi connectivity index (χ0) is 13.9. The van der Waals surface area contributed by atoms with Crippen LogP contribution < -0.4 is 0 Å². The molecule has 0 amide bonds. The summed E-state index contributed by atoms with van der Waals surface area (Å²) in [5, 5.41) is 0. The third-order valence-corrected chi connectivity index (χ3v) is 3.30. The highest BCUT2D eigenvalue weighted by Gasteiger charge is 2.28. The minimum Gasteiger partial charge on any atom is -0.371 e. The first kappa shape index (κ1) is 15.5. The summed E-state index contributed by atoms with van der Waals surface area (Å²) in [5.41, 5.74) is 4.27. The zero-order valence-corrected chi connectivity index (χ0v) is 12.2. The summed E-state index contributed by atoms with van der Waals surface area (Å²) in [6.07, 6.45) is -4.27. The van der Waals surface area contributed by atoms with E-state index in [1.54, 1.807) is 0 Å². The first-order valence-corrected chi connectivity index (χ1v) is 6.48. The fraction of sp³-hybridized carbons (Fsp3) is 0.538. The monoisotopic (exact) mass is 324 g/mol. The summed E-state index contributed by atoms with van der Waals surface area (Å²) in [4.78, 5) is -0.222. The summed E-state index contributed by atoms with van der Waals surface area (Å²) < 4.78 is 40.6. The summed E-state index contributed by atoms with van der Waals surface area (Å²) in [6, 6.07) is 4.03. The van der Waals surface area contributed by atoms with Crippen LogP contribution in [0.5, 0.6) is 0 Å². The van der Waals surface area contributed by atoms with Gasteiger partial charge in [0.05, 0.1) is 11.4 Å². The van der Waals surface area contributed by atoms with Gasteiger partial charge in [-0.05, 0) is 37.5 Å². The highest BCUT2D eigenvalue weighted by molar-refractivity contribution is 9.09. The van der Waals surface area contributed by atoms with Crippen molar-refractivity contribution in [2.45, 2.75) is 31.8 Å². The van der Waals surface area contributed by atoms with Crippen LogP contribution in [0.3, 0.4) is 0 Å². The van der Waals surface area contributed by atoms with E-state index in [0.29, 0.717) is 0 Å². The molecule has 0 radical (unpaired) electrons. The van der Waals surface area contributed by atoms with Crippen molar-refractivity contribution < 1.29 is 17.9 Å². The Morgan fingerprint density at radius 1 is 1.17 bits per heavy atom. The van der Waals surface area contributed by atoms with E-state index in [0.717, 1.165) is 22.3 Å². The van der Waals surface area contributed by atoms with Gasteiger partial charge in [-0.1, -0.05) is 33.6 Å². The second-order valence-corrected chi connectivity index (χ2v) is 5.52. The minimum atomic E-state index is -4.27. The van der Waals surface area contributed by atoms with Gasteiger partial charge in [-0.15, -0.1) is 0 Å². The molecule has 1 unspecified atom stereocenters. The number of aryl methyl sites for hydroxylation is 3. The molecule has 1 aromatic rings. The molecule has 0 aliphatic heterocycles. The predicted molar refractivity (Wildman–Crippen MR) is 69.2 cm³/mol. The van der Waals surface area contributed by atoms with Crippen LogP contribution >= 0.6 is 15.9 Å². The van der Waals surface area contributed by atoms with Gasteiger partial charge in [-0.2, -0.15) is 13.2 Å². The van der Waals surface area contributed by atoms with Crippen molar-refractivity contribution in [2.75, 3.05) is 13.2 Å². The van der Waals surface area contributed by atoms with Gasteiger partial charge in [0.25, 0.3) is 0 Å². The number of alkyl halides is 4. The SMILES string of the molecule is Cc1cc(C)c(C(Br)COCC(F)(F)F)c(C)c1. The number of ether oxygens (including phenoxy) is 1. The van der Waals surface area contributed by atoms with Crippen molar-refractivity contribution in [3.8, 4) is 0 Å². The molecule has 0 bridgehead atoms. The van der Waals surface area contributed by atoms with Gasteiger partial charge >= 0.3 is 6.18 Å². The molecule has 1 atom stereocenters. The molecule has 0 aliphatic carbocycles. The molecule has 0 saturated carbocycles. The van der Waals surface area contributed by atoms with E-state index in [9.17, 15) is 13.2 Å². The molecule has 102 valence electrons. The maximum absolute atomic E-state index is 12.0. The maximum Gasteiger partial charge on any atom is 0.411 e. The van der Waals surface area contributed by atoms with Crippen molar-refractivity contribution in [1.82, 2.24) is 0 Å². The van der Waals surface area contributed by atoms with Crippen molar-refractivity contribution in [2.24, 2.45) is 0 Å². The second-order valence-electron chi connectivity index (χ2n) is 4.41. The Bertz CT molecular complexity index is 392. The Balaban J connectivity index is 2.70. The largest absolute Gasteiger partial charge is 0.411 e. The Labute approximate surface area is 113 Å². The highest BCUT2D eigenvalue weighted by atomic mass is 79.9. The second kappa shape index (κ2) is 6.06. The third-order valence-electron chi connectivity index (χ3n) is 2.58. The van der Waals surface area contributed by atoms with Crippen LogP contribution in [0.4, 0.5) is 13.2 Å². The molecule has 0 spiro atoms. The molecule has 0 saturated heterocycles. The van der Waals surface area contributed by atoms with Crippen LogP contribution in [-0.2, 0) is 4.74 Å². The summed E-state index contributed by atoms with van der Waals surface area (Å²) in [5.74, 6) is 0. The van der Waals surface area contributed by atoms with E-state index in [2.05, 4.69) is 20.7 Å². The van der Waals surface area contributed by atoms with Crippen LogP contribution in [0, 0.1) is 20.8 Å². The van der Waals surface area contributed by atoms with Gasteiger partial charge in [0.2, 0.25) is 0 Å². The molecule has 18 heavy (non-hydrogen) atoms. The maximum atomic E-state index is 12.0. The van der Waals surface area contributed by atoms with Gasteiger partial charge in [-0.3, -0.25) is 0 Å². The lowest BCUT2D eigenvalue weighted by Crippen LogP contribution is -2.19. The Morgan fingerprint density at radius 2 is 1.67 bits per heavy atom. The van der Waals surface area contributed by atoms with E-state index in [-0.39, 0.29) is 11.4 Å². The lowest BCUT2D eigenvalue weighted by molar-refractivity contribution is -0.173. The molecule has 5 heteroatoms. The van der Waals surface area contributed by atoms with Gasteiger partial charge in [0, 0.05) is 0 Å². The Hall–Kier alpha value is -0.550. The molecule has 1 rings (SSSR count). The van der Waals surface area contributed by atoms with Crippen LogP contribution in [-0.4, -0.2) is 19.4 Å². The van der Waals surface area contributed by atoms with Crippen LogP contribution in [0.1, 0.15) is 27.1 Å². The lowest BCUT2D eigenvalue weighted by atomic mass is 9.98. The highest BCUT2D eigenvalue weighted by Crippen LogP contribution is 2.30. The first-order valence-electron chi connectivity index (χ1n) is 5.57. The fourth-order valence-corrected chi connectivity index (χ4v) is 2.96. The fourth-order valence-electron chi connectivity index (χ4n) is 2.05. The van der Waals surface area contributed by atoms with Gasteiger partial charge < -0.3 is 4.74 Å². The van der Waals surface area contributed by atoms with E-state index in [1.807, 2.05) is 32.9 Å². The smallest absolute Gasteiger partial charge is 0.371 e. The molecule has 0 aromatic heterocycles. The van der Waals surface area contributed by atoms with Crippen LogP contribution in [0.25, 0.3) is 0 Å².